The van der Waals surface area contributed by atoms with Crippen LogP contribution in [0.15, 0.2) is 55.0 Å². The zero-order chi connectivity index (χ0) is 16.3. The lowest BCUT2D eigenvalue weighted by Gasteiger charge is -2.07. The lowest BCUT2D eigenvalue weighted by Crippen LogP contribution is -2.17. The van der Waals surface area contributed by atoms with Crippen LogP contribution in [0.25, 0.3) is 5.57 Å². The average Bonchev–Trinajstić information content (AvgIpc) is 2.62. The van der Waals surface area contributed by atoms with E-state index < -0.39 is 0 Å². The van der Waals surface area contributed by atoms with Crippen LogP contribution < -0.4 is 5.48 Å². The van der Waals surface area contributed by atoms with Gasteiger partial charge in [-0.1, -0.05) is 24.6 Å². The summed E-state index contributed by atoms with van der Waals surface area (Å²) >= 11 is 0. The number of unbranched alkanes of at least 4 members (excludes halogenated alkanes) is 3. The molecule has 0 saturated heterocycles. The number of nitrogens with zero attached hydrogens (tertiary/aromatic N) is 2. The fourth-order valence-corrected chi connectivity index (χ4v) is 2.32. The predicted octanol–water partition coefficient (Wildman–Crippen LogP) is 3.36. The van der Waals surface area contributed by atoms with Gasteiger partial charge in [-0.2, -0.15) is 0 Å². The quantitative estimate of drug-likeness (QED) is 0.445. The van der Waals surface area contributed by atoms with Gasteiger partial charge in [0.1, 0.15) is 0 Å². The molecule has 2 N–H and O–H groups in total. The number of carbonyl (C=O) groups is 1. The van der Waals surface area contributed by atoms with Crippen LogP contribution in [0.2, 0.25) is 0 Å². The molecule has 0 unspecified atom stereocenters. The van der Waals surface area contributed by atoms with E-state index in [2.05, 4.69) is 16.0 Å². The number of rotatable bonds is 8. The van der Waals surface area contributed by atoms with E-state index in [9.17, 15) is 4.79 Å². The highest BCUT2D eigenvalue weighted by Crippen LogP contribution is 2.22. The molecule has 2 aromatic heterocycles. The first-order chi connectivity index (χ1) is 11.3. The van der Waals surface area contributed by atoms with Crippen molar-refractivity contribution in [3.63, 3.8) is 0 Å². The topological polar surface area (TPSA) is 75.1 Å². The van der Waals surface area contributed by atoms with E-state index in [4.69, 9.17) is 5.21 Å². The zero-order valence-corrected chi connectivity index (χ0v) is 13.0. The molecule has 0 spiro atoms. The zero-order valence-electron chi connectivity index (χ0n) is 13.0. The molecule has 2 aromatic rings. The summed E-state index contributed by atoms with van der Waals surface area (Å²) in [7, 11) is 0. The van der Waals surface area contributed by atoms with Crippen molar-refractivity contribution in [1.82, 2.24) is 15.4 Å². The summed E-state index contributed by atoms with van der Waals surface area (Å²) in [6.45, 7) is 0. The first kappa shape index (κ1) is 16.8. The Kier molecular flexibility index (Phi) is 6.94. The molecule has 5 nitrogen and oxygen atoms in total. The highest BCUT2D eigenvalue weighted by Gasteiger charge is 2.05. The first-order valence-electron chi connectivity index (χ1n) is 7.76. The standard InChI is InChI=1S/C18H21N3O2/c22-18(21-23)11-4-2-1-3-9-16(15-8-7-12-19-14-15)17-10-5-6-13-20-17/h5-10,12-14,23H,1-4,11H2,(H,21,22)/b16-9+. The van der Waals surface area contributed by atoms with Gasteiger partial charge in [-0.15, -0.1) is 0 Å². The molecule has 0 atom stereocenters. The molecule has 120 valence electrons. The molecule has 0 aromatic carbocycles. The minimum atomic E-state index is -0.329. The summed E-state index contributed by atoms with van der Waals surface area (Å²) in [5.74, 6) is -0.329. The number of pyridine rings is 2. The smallest absolute Gasteiger partial charge is 0.243 e. The van der Waals surface area contributed by atoms with Gasteiger partial charge in [0.15, 0.2) is 0 Å². The van der Waals surface area contributed by atoms with Crippen molar-refractivity contribution in [1.29, 1.82) is 0 Å². The number of aromatic nitrogens is 2. The van der Waals surface area contributed by atoms with Gasteiger partial charge in [0, 0.05) is 36.1 Å². The van der Waals surface area contributed by atoms with Gasteiger partial charge in [0.2, 0.25) is 5.91 Å². The fourth-order valence-electron chi connectivity index (χ4n) is 2.32. The summed E-state index contributed by atoms with van der Waals surface area (Å²) in [6, 6.07) is 9.81. The number of hydrogen-bond acceptors (Lipinski definition) is 4. The van der Waals surface area contributed by atoms with Crippen molar-refractivity contribution >= 4 is 11.5 Å². The Balaban J connectivity index is 1.97. The maximum Gasteiger partial charge on any atom is 0.243 e. The van der Waals surface area contributed by atoms with Gasteiger partial charge in [-0.05, 0) is 37.5 Å². The van der Waals surface area contributed by atoms with Gasteiger partial charge >= 0.3 is 0 Å². The number of carbonyl (C=O) groups excluding carboxylic acids is 1. The fraction of sp³-hybridized carbons (Fsp3) is 0.278. The Hall–Kier alpha value is -2.53. The van der Waals surface area contributed by atoms with E-state index in [1.54, 1.807) is 17.9 Å². The summed E-state index contributed by atoms with van der Waals surface area (Å²) in [5, 5.41) is 8.44. The number of hydrogen-bond donors (Lipinski definition) is 2. The van der Waals surface area contributed by atoms with Crippen LogP contribution in [0, 0.1) is 0 Å². The summed E-state index contributed by atoms with van der Waals surface area (Å²) in [5.41, 5.74) is 4.70. The van der Waals surface area contributed by atoms with Crippen LogP contribution in [0.3, 0.4) is 0 Å². The van der Waals surface area contributed by atoms with Gasteiger partial charge < -0.3 is 0 Å². The van der Waals surface area contributed by atoms with Crippen molar-refractivity contribution < 1.29 is 10.0 Å². The second-order valence-electron chi connectivity index (χ2n) is 5.21. The summed E-state index contributed by atoms with van der Waals surface area (Å²) < 4.78 is 0. The second-order valence-corrected chi connectivity index (χ2v) is 5.21. The van der Waals surface area contributed by atoms with Crippen LogP contribution in [-0.4, -0.2) is 21.1 Å². The molecule has 2 heterocycles. The molecule has 2 rings (SSSR count). The Labute approximate surface area is 136 Å². The van der Waals surface area contributed by atoms with Crippen molar-refractivity contribution in [2.75, 3.05) is 0 Å². The number of allylic oxidation sites excluding steroid dienone is 1. The Morgan fingerprint density at radius 1 is 1.13 bits per heavy atom. The molecule has 0 bridgehead atoms. The predicted molar refractivity (Wildman–Crippen MR) is 88.6 cm³/mol. The monoisotopic (exact) mass is 311 g/mol. The molecule has 0 radical (unpaired) electrons. The van der Waals surface area contributed by atoms with E-state index in [0.29, 0.717) is 6.42 Å². The van der Waals surface area contributed by atoms with Gasteiger partial charge in [-0.3, -0.25) is 20.0 Å². The van der Waals surface area contributed by atoms with Gasteiger partial charge in [0.25, 0.3) is 0 Å². The maximum atomic E-state index is 10.9. The molecule has 0 aliphatic heterocycles. The van der Waals surface area contributed by atoms with E-state index in [1.807, 2.05) is 36.5 Å². The largest absolute Gasteiger partial charge is 0.289 e. The Morgan fingerprint density at radius 3 is 2.74 bits per heavy atom. The highest BCUT2D eigenvalue weighted by molar-refractivity contribution is 5.77. The number of amides is 1. The lowest BCUT2D eigenvalue weighted by molar-refractivity contribution is -0.129. The third-order valence-electron chi connectivity index (χ3n) is 3.49. The highest BCUT2D eigenvalue weighted by atomic mass is 16.5. The van der Waals surface area contributed by atoms with Crippen molar-refractivity contribution in [2.45, 2.75) is 32.1 Å². The van der Waals surface area contributed by atoms with E-state index in [1.165, 1.54) is 0 Å². The maximum absolute atomic E-state index is 10.9. The van der Waals surface area contributed by atoms with Crippen LogP contribution in [-0.2, 0) is 4.79 Å². The average molecular weight is 311 g/mol. The molecular formula is C18H21N3O2. The minimum absolute atomic E-state index is 0.329. The van der Waals surface area contributed by atoms with Crippen LogP contribution in [0.4, 0.5) is 0 Å². The molecule has 0 aliphatic carbocycles. The summed E-state index contributed by atoms with van der Waals surface area (Å²) in [4.78, 5) is 19.5. The number of nitrogens with one attached hydrogen (secondary N) is 1. The third kappa shape index (κ3) is 5.64. The normalized spacial score (nSPS) is 11.3. The molecule has 0 aliphatic rings. The van der Waals surface area contributed by atoms with Crippen LogP contribution in [0.1, 0.15) is 43.4 Å². The van der Waals surface area contributed by atoms with Crippen molar-refractivity contribution in [3.05, 3.63) is 66.3 Å². The molecular weight excluding hydrogens is 290 g/mol. The van der Waals surface area contributed by atoms with Crippen molar-refractivity contribution in [3.8, 4) is 0 Å². The SMILES string of the molecule is O=C(CCCCC/C=C(\c1cccnc1)c1ccccn1)NO. The molecule has 1 amide bonds. The van der Waals surface area contributed by atoms with E-state index >= 15 is 0 Å². The first-order valence-corrected chi connectivity index (χ1v) is 7.76. The van der Waals surface area contributed by atoms with Gasteiger partial charge in [0.05, 0.1) is 5.69 Å². The minimum Gasteiger partial charge on any atom is -0.289 e. The molecule has 23 heavy (non-hydrogen) atoms. The summed E-state index contributed by atoms with van der Waals surface area (Å²) in [6.07, 6.45) is 11.5. The number of hydroxylamine groups is 1. The van der Waals surface area contributed by atoms with Crippen molar-refractivity contribution in [2.24, 2.45) is 0 Å². The second kappa shape index (κ2) is 9.48. The molecule has 0 saturated carbocycles. The van der Waals surface area contributed by atoms with E-state index in [-0.39, 0.29) is 5.91 Å². The van der Waals surface area contributed by atoms with Crippen LogP contribution >= 0.6 is 0 Å². The van der Waals surface area contributed by atoms with Crippen LogP contribution in [0.5, 0.6) is 0 Å². The van der Waals surface area contributed by atoms with E-state index in [0.717, 1.165) is 42.5 Å². The Bertz CT molecular complexity index is 586. The molecule has 5 heteroatoms. The molecule has 0 fully saturated rings. The Morgan fingerprint density at radius 2 is 2.04 bits per heavy atom. The third-order valence-corrected chi connectivity index (χ3v) is 3.49. The van der Waals surface area contributed by atoms with Gasteiger partial charge in [-0.25, -0.2) is 5.48 Å². The lowest BCUT2D eigenvalue weighted by atomic mass is 10.0.